The minimum Gasteiger partial charge on any atom is -0.387 e. The lowest BCUT2D eigenvalue weighted by Gasteiger charge is -2.25. The number of amides is 1. The normalized spacial score (nSPS) is 14.4. The Balaban J connectivity index is 4.16. The minimum atomic E-state index is -4.35. The molecule has 0 aromatic carbocycles. The summed E-state index contributed by atoms with van der Waals surface area (Å²) in [4.78, 5) is 23.1. The lowest BCUT2D eigenvalue weighted by Crippen LogP contribution is -2.45. The Hall–Kier alpha value is -1.28. The molecule has 3 unspecified atom stereocenters. The fraction of sp³-hybridized carbons (Fsp3) is 0.868. The molecule has 0 aromatic rings. The van der Waals surface area contributed by atoms with Crippen molar-refractivity contribution in [3.8, 4) is 0 Å². The average molecular weight is 896 g/mol. The molecule has 1 amide bonds. The summed E-state index contributed by atoms with van der Waals surface area (Å²) in [7, 11) is 1.55. The van der Waals surface area contributed by atoms with Crippen LogP contribution in [0.2, 0.25) is 0 Å². The summed E-state index contributed by atoms with van der Waals surface area (Å²) >= 11 is 0. The molecular formula is C53H104N2O6P+. The van der Waals surface area contributed by atoms with Gasteiger partial charge in [-0.3, -0.25) is 13.8 Å². The van der Waals surface area contributed by atoms with E-state index in [1.807, 2.05) is 27.2 Å². The fourth-order valence-corrected chi connectivity index (χ4v) is 8.36. The van der Waals surface area contributed by atoms with Crippen LogP contribution in [0.3, 0.4) is 0 Å². The van der Waals surface area contributed by atoms with Crippen molar-refractivity contribution < 1.29 is 32.9 Å². The van der Waals surface area contributed by atoms with Gasteiger partial charge in [0.1, 0.15) is 13.2 Å². The first kappa shape index (κ1) is 60.7. The monoisotopic (exact) mass is 896 g/mol. The molecule has 62 heavy (non-hydrogen) atoms. The third kappa shape index (κ3) is 46.7. The van der Waals surface area contributed by atoms with Crippen LogP contribution < -0.4 is 5.32 Å². The zero-order valence-electron chi connectivity index (χ0n) is 41.6. The Morgan fingerprint density at radius 2 is 0.903 bits per heavy atom. The van der Waals surface area contributed by atoms with Gasteiger partial charge in [0.05, 0.1) is 39.9 Å². The summed E-state index contributed by atoms with van der Waals surface area (Å²) in [5.41, 5.74) is 0. The van der Waals surface area contributed by atoms with Crippen molar-refractivity contribution >= 4 is 13.7 Å². The predicted octanol–water partition coefficient (Wildman–Crippen LogP) is 15.4. The Morgan fingerprint density at radius 1 is 0.532 bits per heavy atom. The third-order valence-corrected chi connectivity index (χ3v) is 12.8. The van der Waals surface area contributed by atoms with Crippen molar-refractivity contribution in [2.24, 2.45) is 0 Å². The maximum Gasteiger partial charge on any atom is 0.472 e. The van der Waals surface area contributed by atoms with Crippen LogP contribution in [-0.2, 0) is 18.4 Å². The highest BCUT2D eigenvalue weighted by molar-refractivity contribution is 7.47. The van der Waals surface area contributed by atoms with Crippen LogP contribution in [0.25, 0.3) is 0 Å². The largest absolute Gasteiger partial charge is 0.472 e. The molecule has 0 saturated carbocycles. The van der Waals surface area contributed by atoms with Crippen LogP contribution in [0.15, 0.2) is 36.5 Å². The van der Waals surface area contributed by atoms with Gasteiger partial charge in [-0.05, 0) is 51.4 Å². The quantitative estimate of drug-likeness (QED) is 0.0243. The first-order valence-corrected chi connectivity index (χ1v) is 27.9. The van der Waals surface area contributed by atoms with Gasteiger partial charge in [0.25, 0.3) is 0 Å². The molecule has 3 N–H and O–H groups in total. The number of unbranched alkanes of at least 4 members (excludes halogenated alkanes) is 31. The van der Waals surface area contributed by atoms with Gasteiger partial charge >= 0.3 is 7.82 Å². The molecule has 8 nitrogen and oxygen atoms in total. The highest BCUT2D eigenvalue weighted by Crippen LogP contribution is 2.43. The Morgan fingerprint density at radius 3 is 1.34 bits per heavy atom. The van der Waals surface area contributed by atoms with Gasteiger partial charge in [-0.1, -0.05) is 224 Å². The highest BCUT2D eigenvalue weighted by Gasteiger charge is 2.27. The van der Waals surface area contributed by atoms with Crippen molar-refractivity contribution in [1.82, 2.24) is 5.32 Å². The number of carbonyl (C=O) groups excluding carboxylic acids is 1. The lowest BCUT2D eigenvalue weighted by atomic mass is 10.0. The van der Waals surface area contributed by atoms with Gasteiger partial charge in [-0.15, -0.1) is 0 Å². The van der Waals surface area contributed by atoms with E-state index >= 15 is 0 Å². The molecule has 9 heteroatoms. The number of phosphoric acid groups is 1. The van der Waals surface area contributed by atoms with Crippen molar-refractivity contribution in [3.63, 3.8) is 0 Å². The van der Waals surface area contributed by atoms with Crippen molar-refractivity contribution in [1.29, 1.82) is 0 Å². The molecule has 0 spiro atoms. The number of aliphatic hydroxyl groups excluding tert-OH is 1. The average Bonchev–Trinajstić information content (AvgIpc) is 3.23. The highest BCUT2D eigenvalue weighted by atomic mass is 31.2. The number of quaternary nitrogens is 1. The predicted molar refractivity (Wildman–Crippen MR) is 268 cm³/mol. The second-order valence-electron chi connectivity index (χ2n) is 19.2. The van der Waals surface area contributed by atoms with E-state index in [2.05, 4.69) is 43.5 Å². The van der Waals surface area contributed by atoms with Crippen LogP contribution in [0.4, 0.5) is 0 Å². The fourth-order valence-electron chi connectivity index (χ4n) is 7.63. The number of allylic oxidation sites excluding steroid dienone is 5. The molecular weight excluding hydrogens is 792 g/mol. The van der Waals surface area contributed by atoms with Gasteiger partial charge in [0, 0.05) is 6.42 Å². The smallest absolute Gasteiger partial charge is 0.387 e. The second kappa shape index (κ2) is 44.9. The van der Waals surface area contributed by atoms with Gasteiger partial charge < -0.3 is 19.8 Å². The first-order valence-electron chi connectivity index (χ1n) is 26.4. The van der Waals surface area contributed by atoms with E-state index in [1.54, 1.807) is 6.08 Å². The van der Waals surface area contributed by atoms with Crippen LogP contribution in [0.1, 0.15) is 245 Å². The van der Waals surface area contributed by atoms with E-state index in [4.69, 9.17) is 9.05 Å². The summed E-state index contributed by atoms with van der Waals surface area (Å²) in [6.45, 7) is 4.76. The van der Waals surface area contributed by atoms with E-state index in [-0.39, 0.29) is 19.1 Å². The van der Waals surface area contributed by atoms with E-state index in [0.29, 0.717) is 17.4 Å². The Labute approximate surface area is 385 Å². The van der Waals surface area contributed by atoms with Crippen LogP contribution in [0, 0.1) is 0 Å². The number of hydrogen-bond acceptors (Lipinski definition) is 5. The lowest BCUT2D eigenvalue weighted by molar-refractivity contribution is -0.870. The standard InChI is InChI=1S/C53H103N2O6P/c1-6-8-10-12-14-16-18-19-20-21-22-23-24-25-26-27-28-29-30-31-32-33-34-35-37-38-40-42-44-46-52(56)51(50-61-62(58,59)60-49-48-55(3,4)5)54-53(57)47-45-43-41-39-36-17-15-13-11-9-7-2/h13,15,37-38,44,46,51-52,56H,6-12,14,16-36,39-43,45,47-50H2,1-5H3,(H-,54,57,58,59)/p+1/b15-13-,38-37+,46-44+. The molecule has 0 fully saturated rings. The molecule has 0 radical (unpaired) electrons. The van der Waals surface area contributed by atoms with E-state index in [9.17, 15) is 19.4 Å². The molecule has 0 saturated heterocycles. The number of hydrogen-bond donors (Lipinski definition) is 3. The number of nitrogens with zero attached hydrogens (tertiary/aromatic N) is 1. The van der Waals surface area contributed by atoms with Crippen molar-refractivity contribution in [2.45, 2.75) is 257 Å². The third-order valence-electron chi connectivity index (χ3n) is 11.8. The summed E-state index contributed by atoms with van der Waals surface area (Å²) in [6.07, 6.45) is 56.9. The molecule has 0 aliphatic heterocycles. The molecule has 0 aliphatic carbocycles. The molecule has 0 rings (SSSR count). The summed E-state index contributed by atoms with van der Waals surface area (Å²) in [5.74, 6) is -0.197. The number of rotatable bonds is 48. The van der Waals surface area contributed by atoms with Crippen molar-refractivity contribution in [3.05, 3.63) is 36.5 Å². The molecule has 366 valence electrons. The zero-order valence-corrected chi connectivity index (χ0v) is 42.5. The second-order valence-corrected chi connectivity index (χ2v) is 20.7. The summed E-state index contributed by atoms with van der Waals surface area (Å²) < 4.78 is 23.6. The first-order chi connectivity index (χ1) is 30.0. The van der Waals surface area contributed by atoms with E-state index < -0.39 is 20.0 Å². The number of likely N-dealkylation sites (N-methyl/N-ethyl adjacent to an activating group) is 1. The maximum absolute atomic E-state index is 12.8. The Kier molecular flexibility index (Phi) is 44.0. The minimum absolute atomic E-state index is 0.0546. The van der Waals surface area contributed by atoms with Gasteiger partial charge in [-0.25, -0.2) is 4.57 Å². The molecule has 0 aromatic heterocycles. The van der Waals surface area contributed by atoms with Crippen LogP contribution in [-0.4, -0.2) is 73.4 Å². The molecule has 0 bridgehead atoms. The topological polar surface area (TPSA) is 105 Å². The number of nitrogens with one attached hydrogen (secondary N) is 1. The molecule has 3 atom stereocenters. The van der Waals surface area contributed by atoms with Gasteiger partial charge in [-0.2, -0.15) is 0 Å². The summed E-state index contributed by atoms with van der Waals surface area (Å²) in [6, 6.07) is -0.866. The van der Waals surface area contributed by atoms with E-state index in [1.165, 1.54) is 173 Å². The van der Waals surface area contributed by atoms with E-state index in [0.717, 1.165) is 51.4 Å². The zero-order chi connectivity index (χ0) is 45.7. The van der Waals surface area contributed by atoms with Gasteiger partial charge in [0.2, 0.25) is 5.91 Å². The van der Waals surface area contributed by atoms with Crippen molar-refractivity contribution in [2.75, 3.05) is 40.9 Å². The summed E-state index contributed by atoms with van der Waals surface area (Å²) in [5, 5.41) is 13.8. The number of carbonyl (C=O) groups is 1. The van der Waals surface area contributed by atoms with Gasteiger partial charge in [0.15, 0.2) is 0 Å². The van der Waals surface area contributed by atoms with Crippen LogP contribution in [0.5, 0.6) is 0 Å². The Bertz CT molecular complexity index is 1110. The number of phosphoric ester groups is 1. The SMILES string of the molecule is CCCC/C=C\CCCCCCCC(=O)NC(COP(=O)(O)OCC[N+](C)(C)C)C(O)/C=C/CC/C=C/CCCCCCCCCCCCCCCCCCCCCCCCC. The van der Waals surface area contributed by atoms with Crippen LogP contribution >= 0.6 is 7.82 Å². The number of aliphatic hydroxyl groups is 1. The molecule has 0 heterocycles. The maximum atomic E-state index is 12.8. The molecule has 0 aliphatic rings.